The summed E-state index contributed by atoms with van der Waals surface area (Å²) in [6, 6.07) is 8.46. The first kappa shape index (κ1) is 15.8. The molecule has 5 heteroatoms. The fraction of sp³-hybridized carbons (Fsp3) is 0.474. The number of carbonyl (C=O) groups is 1. The van der Waals surface area contributed by atoms with Gasteiger partial charge in [-0.05, 0) is 37.1 Å². The zero-order valence-electron chi connectivity index (χ0n) is 14.0. The topological polar surface area (TPSA) is 36.4 Å². The van der Waals surface area contributed by atoms with Gasteiger partial charge in [-0.3, -0.25) is 14.7 Å². The number of rotatable bonds is 4. The minimum absolute atomic E-state index is 0.230. The molecule has 0 bridgehead atoms. The summed E-state index contributed by atoms with van der Waals surface area (Å²) in [5, 5.41) is 0. The van der Waals surface area contributed by atoms with Crippen molar-refractivity contribution in [3.8, 4) is 0 Å². The van der Waals surface area contributed by atoms with E-state index in [9.17, 15) is 4.79 Å². The Morgan fingerprint density at radius 2 is 2.08 bits per heavy atom. The average Bonchev–Trinajstić information content (AvgIpc) is 3.30. The maximum atomic E-state index is 12.7. The van der Waals surface area contributed by atoms with E-state index in [2.05, 4.69) is 39.9 Å². The number of pyridine rings is 1. The van der Waals surface area contributed by atoms with E-state index in [1.807, 2.05) is 23.6 Å². The molecule has 1 amide bonds. The first-order chi connectivity index (χ1) is 11.7. The molecule has 0 unspecified atom stereocenters. The van der Waals surface area contributed by atoms with Gasteiger partial charge in [0.05, 0.1) is 0 Å². The van der Waals surface area contributed by atoms with E-state index in [4.69, 9.17) is 0 Å². The quantitative estimate of drug-likeness (QED) is 0.858. The third kappa shape index (κ3) is 3.37. The molecule has 4 rings (SSSR count). The van der Waals surface area contributed by atoms with Gasteiger partial charge in [-0.2, -0.15) is 0 Å². The summed E-state index contributed by atoms with van der Waals surface area (Å²) in [5.74, 6) is 1.07. The van der Waals surface area contributed by atoms with Crippen molar-refractivity contribution in [2.24, 2.45) is 5.92 Å². The monoisotopic (exact) mass is 341 g/mol. The standard InChI is InChI=1S/C19H23N3OS/c1-14-4-5-18(24-14)16-11-17(16)19(23)22-9-7-21(8-10-22)13-15-3-2-6-20-12-15/h2-6,12,16-17H,7-11,13H2,1H3/t16-,17-/m0/s1. The molecule has 24 heavy (non-hydrogen) atoms. The molecule has 3 heterocycles. The lowest BCUT2D eigenvalue weighted by Crippen LogP contribution is -2.48. The van der Waals surface area contributed by atoms with Crippen LogP contribution in [0.15, 0.2) is 36.7 Å². The fourth-order valence-electron chi connectivity index (χ4n) is 3.55. The van der Waals surface area contributed by atoms with Gasteiger partial charge < -0.3 is 4.90 Å². The van der Waals surface area contributed by atoms with Gasteiger partial charge in [0, 0.05) is 66.7 Å². The Morgan fingerprint density at radius 3 is 2.75 bits per heavy atom. The van der Waals surface area contributed by atoms with Gasteiger partial charge in [0.2, 0.25) is 5.91 Å². The number of aromatic nitrogens is 1. The lowest BCUT2D eigenvalue weighted by atomic mass is 10.2. The van der Waals surface area contributed by atoms with E-state index in [1.165, 1.54) is 15.3 Å². The van der Waals surface area contributed by atoms with Crippen molar-refractivity contribution in [2.75, 3.05) is 26.2 Å². The number of amides is 1. The zero-order chi connectivity index (χ0) is 16.5. The van der Waals surface area contributed by atoms with Gasteiger partial charge in [-0.25, -0.2) is 0 Å². The van der Waals surface area contributed by atoms with Gasteiger partial charge in [0.15, 0.2) is 0 Å². The number of hydrogen-bond acceptors (Lipinski definition) is 4. The van der Waals surface area contributed by atoms with Crippen LogP contribution in [-0.2, 0) is 11.3 Å². The summed E-state index contributed by atoms with van der Waals surface area (Å²) in [6.45, 7) is 6.68. The Bertz CT molecular complexity index is 706. The van der Waals surface area contributed by atoms with E-state index in [0.29, 0.717) is 11.8 Å². The van der Waals surface area contributed by atoms with Crippen LogP contribution in [0.25, 0.3) is 0 Å². The molecule has 1 aliphatic carbocycles. The third-order valence-electron chi connectivity index (χ3n) is 5.05. The number of nitrogens with zero attached hydrogens (tertiary/aromatic N) is 3. The number of thiophene rings is 1. The molecular weight excluding hydrogens is 318 g/mol. The molecule has 0 N–H and O–H groups in total. The Labute approximate surface area is 147 Å². The molecule has 2 aromatic heterocycles. The summed E-state index contributed by atoms with van der Waals surface area (Å²) in [4.78, 5) is 24.1. The van der Waals surface area contributed by atoms with Gasteiger partial charge >= 0.3 is 0 Å². The average molecular weight is 341 g/mol. The maximum Gasteiger partial charge on any atom is 0.226 e. The van der Waals surface area contributed by atoms with Crippen LogP contribution >= 0.6 is 11.3 Å². The van der Waals surface area contributed by atoms with Crippen molar-refractivity contribution < 1.29 is 4.79 Å². The summed E-state index contributed by atoms with van der Waals surface area (Å²) >= 11 is 1.84. The van der Waals surface area contributed by atoms with Crippen LogP contribution in [0.4, 0.5) is 0 Å². The third-order valence-corrected chi connectivity index (χ3v) is 6.18. The van der Waals surface area contributed by atoms with Crippen molar-refractivity contribution in [3.63, 3.8) is 0 Å². The second-order valence-corrected chi connectivity index (χ2v) is 8.18. The van der Waals surface area contributed by atoms with Crippen molar-refractivity contribution >= 4 is 17.2 Å². The van der Waals surface area contributed by atoms with Crippen LogP contribution in [0.2, 0.25) is 0 Å². The fourth-order valence-corrected chi connectivity index (χ4v) is 4.60. The van der Waals surface area contributed by atoms with Gasteiger partial charge in [0.25, 0.3) is 0 Å². The molecule has 1 saturated carbocycles. The Hall–Kier alpha value is -1.72. The Morgan fingerprint density at radius 1 is 1.25 bits per heavy atom. The summed E-state index contributed by atoms with van der Waals surface area (Å²) in [7, 11) is 0. The summed E-state index contributed by atoms with van der Waals surface area (Å²) in [5.41, 5.74) is 1.24. The molecule has 0 spiro atoms. The minimum Gasteiger partial charge on any atom is -0.340 e. The van der Waals surface area contributed by atoms with Crippen LogP contribution in [-0.4, -0.2) is 46.9 Å². The van der Waals surface area contributed by atoms with Crippen LogP contribution in [0, 0.1) is 12.8 Å². The molecule has 1 saturated heterocycles. The highest BCUT2D eigenvalue weighted by molar-refractivity contribution is 7.12. The van der Waals surface area contributed by atoms with Crippen LogP contribution in [0.1, 0.15) is 27.7 Å². The molecule has 2 fully saturated rings. The van der Waals surface area contributed by atoms with E-state index in [1.54, 1.807) is 6.20 Å². The molecular formula is C19H23N3OS. The summed E-state index contributed by atoms with van der Waals surface area (Å²) < 4.78 is 0. The Balaban J connectivity index is 1.28. The first-order valence-corrected chi connectivity index (χ1v) is 9.49. The number of piperazine rings is 1. The molecule has 126 valence electrons. The normalized spacial score (nSPS) is 24.1. The van der Waals surface area contributed by atoms with Gasteiger partial charge in [0.1, 0.15) is 0 Å². The SMILES string of the molecule is Cc1ccc([C@H]2C[C@@H]2C(=O)N2CCN(Cc3cccnc3)CC2)s1. The predicted molar refractivity (Wildman–Crippen MR) is 96.0 cm³/mol. The van der Waals surface area contributed by atoms with E-state index in [0.717, 1.165) is 39.1 Å². The van der Waals surface area contributed by atoms with Crippen molar-refractivity contribution in [2.45, 2.75) is 25.8 Å². The minimum atomic E-state index is 0.230. The van der Waals surface area contributed by atoms with Crippen molar-refractivity contribution in [1.82, 2.24) is 14.8 Å². The molecule has 4 nitrogen and oxygen atoms in total. The molecule has 2 atom stereocenters. The molecule has 1 aliphatic heterocycles. The molecule has 0 aromatic carbocycles. The van der Waals surface area contributed by atoms with E-state index < -0.39 is 0 Å². The predicted octanol–water partition coefficient (Wildman–Crippen LogP) is 2.90. The van der Waals surface area contributed by atoms with Crippen LogP contribution in [0.3, 0.4) is 0 Å². The van der Waals surface area contributed by atoms with E-state index in [-0.39, 0.29) is 5.92 Å². The van der Waals surface area contributed by atoms with Crippen LogP contribution in [0.5, 0.6) is 0 Å². The van der Waals surface area contributed by atoms with Crippen molar-refractivity contribution in [1.29, 1.82) is 0 Å². The highest BCUT2D eigenvalue weighted by Gasteiger charge is 2.46. The number of aryl methyl sites for hydroxylation is 1. The van der Waals surface area contributed by atoms with E-state index >= 15 is 0 Å². The lowest BCUT2D eigenvalue weighted by molar-refractivity contribution is -0.134. The first-order valence-electron chi connectivity index (χ1n) is 8.67. The molecule has 2 aliphatic rings. The highest BCUT2D eigenvalue weighted by atomic mass is 32.1. The highest BCUT2D eigenvalue weighted by Crippen LogP contribution is 2.50. The molecule has 0 radical (unpaired) electrons. The summed E-state index contributed by atoms with van der Waals surface area (Å²) in [6.07, 6.45) is 4.77. The van der Waals surface area contributed by atoms with Gasteiger partial charge in [-0.15, -0.1) is 11.3 Å². The van der Waals surface area contributed by atoms with Gasteiger partial charge in [-0.1, -0.05) is 6.07 Å². The van der Waals surface area contributed by atoms with Crippen LogP contribution < -0.4 is 0 Å². The lowest BCUT2D eigenvalue weighted by Gasteiger charge is -2.35. The smallest absolute Gasteiger partial charge is 0.226 e. The molecule has 2 aromatic rings. The Kier molecular flexibility index (Phi) is 4.37. The van der Waals surface area contributed by atoms with Crippen molar-refractivity contribution in [3.05, 3.63) is 52.0 Å². The zero-order valence-corrected chi connectivity index (χ0v) is 14.8. The maximum absolute atomic E-state index is 12.7. The second-order valence-electron chi connectivity index (χ2n) is 6.86. The number of hydrogen-bond donors (Lipinski definition) is 0. The number of carbonyl (C=O) groups excluding carboxylic acids is 1. The largest absolute Gasteiger partial charge is 0.340 e. The second kappa shape index (κ2) is 6.65.